The molecule has 0 rings (SSSR count). The van der Waals surface area contributed by atoms with Gasteiger partial charge in [0.05, 0.1) is 39.9 Å². The zero-order valence-electron chi connectivity index (χ0n) is 35.2. The molecule has 0 aliphatic carbocycles. The predicted octanol–water partition coefficient (Wildman–Crippen LogP) is 11.3. The number of phosphoric acid groups is 1. The van der Waals surface area contributed by atoms with Crippen LogP contribution in [0.4, 0.5) is 0 Å². The number of allylic oxidation sites excluding steroid dienone is 5. The maximum Gasteiger partial charge on any atom is 0.268 e. The Morgan fingerprint density at radius 2 is 1.06 bits per heavy atom. The van der Waals surface area contributed by atoms with E-state index in [0.29, 0.717) is 17.4 Å². The van der Waals surface area contributed by atoms with Crippen molar-refractivity contribution in [3.8, 4) is 0 Å². The van der Waals surface area contributed by atoms with E-state index in [1.807, 2.05) is 27.2 Å². The molecule has 0 heterocycles. The van der Waals surface area contributed by atoms with E-state index in [9.17, 15) is 19.4 Å². The molecule has 0 spiro atoms. The Morgan fingerprint density at radius 3 is 1.53 bits per heavy atom. The maximum atomic E-state index is 12.8. The zero-order valence-corrected chi connectivity index (χ0v) is 36.1. The number of rotatable bonds is 39. The van der Waals surface area contributed by atoms with E-state index in [0.717, 1.165) is 38.5 Å². The second-order valence-electron chi connectivity index (χ2n) is 16.0. The summed E-state index contributed by atoms with van der Waals surface area (Å²) in [5.41, 5.74) is 0. The largest absolute Gasteiger partial charge is 0.756 e. The number of unbranched alkanes of at least 4 members (excludes halogenated alkanes) is 22. The van der Waals surface area contributed by atoms with Crippen molar-refractivity contribution in [2.45, 2.75) is 199 Å². The van der Waals surface area contributed by atoms with E-state index in [-0.39, 0.29) is 12.5 Å². The van der Waals surface area contributed by atoms with Gasteiger partial charge in [-0.3, -0.25) is 9.36 Å². The minimum atomic E-state index is -4.59. The van der Waals surface area contributed by atoms with Gasteiger partial charge in [0, 0.05) is 6.42 Å². The zero-order chi connectivity index (χ0) is 39.3. The van der Waals surface area contributed by atoms with Gasteiger partial charge >= 0.3 is 0 Å². The molecule has 0 aromatic rings. The summed E-state index contributed by atoms with van der Waals surface area (Å²) in [5.74, 6) is -0.214. The number of nitrogens with zero attached hydrogens (tertiary/aromatic N) is 1. The van der Waals surface area contributed by atoms with Crippen LogP contribution < -0.4 is 10.2 Å². The van der Waals surface area contributed by atoms with Gasteiger partial charge in [-0.1, -0.05) is 159 Å². The topological polar surface area (TPSA) is 108 Å². The fourth-order valence-corrected chi connectivity index (χ4v) is 6.77. The average Bonchev–Trinajstić information content (AvgIpc) is 3.10. The predicted molar refractivity (Wildman–Crippen MR) is 224 cm³/mol. The third-order valence-electron chi connectivity index (χ3n) is 9.57. The van der Waals surface area contributed by atoms with Gasteiger partial charge in [0.1, 0.15) is 13.2 Å². The van der Waals surface area contributed by atoms with Crippen LogP contribution in [0.1, 0.15) is 187 Å². The fraction of sp³-hybridized carbons (Fsp3) is 0.841. The summed E-state index contributed by atoms with van der Waals surface area (Å²) >= 11 is 0. The standard InChI is InChI=1S/C44H85N2O6P/c1-6-8-10-12-14-16-18-19-20-21-22-23-24-25-26-28-30-32-34-36-38-44(48)45-42(41-52-53(49,50)51-40-39-46(3,4)5)43(47)37-35-33-31-29-27-17-15-13-11-9-7-2/h22-23,27,29,35,37,42-43,47H,6-21,24-26,28,30-34,36,38-41H2,1-5H3,(H-,45,48,49,50)/b23-22-,29-27+,37-35+. The second-order valence-corrected chi connectivity index (χ2v) is 17.4. The lowest BCUT2D eigenvalue weighted by Crippen LogP contribution is -2.45. The van der Waals surface area contributed by atoms with Crippen LogP contribution in [-0.4, -0.2) is 68.5 Å². The molecular weight excluding hydrogens is 683 g/mol. The molecular formula is C44H85N2O6P. The molecule has 0 aromatic carbocycles. The number of amides is 1. The molecule has 3 unspecified atom stereocenters. The quantitative estimate of drug-likeness (QED) is 0.0279. The van der Waals surface area contributed by atoms with Crippen LogP contribution in [0.15, 0.2) is 36.5 Å². The number of likely N-dealkylation sites (N-methyl/N-ethyl adjacent to an activating group) is 1. The first-order valence-corrected chi connectivity index (χ1v) is 23.3. The highest BCUT2D eigenvalue weighted by atomic mass is 31.2. The molecule has 312 valence electrons. The molecule has 0 aliphatic heterocycles. The third-order valence-corrected chi connectivity index (χ3v) is 10.5. The molecule has 0 saturated heterocycles. The highest BCUT2D eigenvalue weighted by Crippen LogP contribution is 2.38. The molecule has 0 aromatic heterocycles. The minimum absolute atomic E-state index is 0.00743. The van der Waals surface area contributed by atoms with Gasteiger partial charge < -0.3 is 28.8 Å². The number of carbonyl (C=O) groups excluding carboxylic acids is 1. The van der Waals surface area contributed by atoms with Gasteiger partial charge in [0.25, 0.3) is 7.82 Å². The summed E-state index contributed by atoms with van der Waals surface area (Å²) in [5, 5.41) is 13.7. The number of carbonyl (C=O) groups is 1. The van der Waals surface area contributed by atoms with Crippen molar-refractivity contribution >= 4 is 13.7 Å². The molecule has 2 N–H and O–H groups in total. The first kappa shape index (κ1) is 51.7. The van der Waals surface area contributed by atoms with Crippen molar-refractivity contribution < 1.29 is 32.9 Å². The first-order valence-electron chi connectivity index (χ1n) is 21.9. The molecule has 53 heavy (non-hydrogen) atoms. The molecule has 8 nitrogen and oxygen atoms in total. The molecule has 9 heteroatoms. The van der Waals surface area contributed by atoms with Crippen molar-refractivity contribution in [1.82, 2.24) is 5.32 Å². The third kappa shape index (κ3) is 38.8. The lowest BCUT2D eigenvalue weighted by molar-refractivity contribution is -0.870. The number of quaternary nitrogens is 1. The fourth-order valence-electron chi connectivity index (χ4n) is 6.04. The van der Waals surface area contributed by atoms with Crippen LogP contribution in [0, 0.1) is 0 Å². The first-order chi connectivity index (χ1) is 25.5. The van der Waals surface area contributed by atoms with Crippen LogP contribution in [0.5, 0.6) is 0 Å². The Morgan fingerprint density at radius 1 is 0.642 bits per heavy atom. The van der Waals surface area contributed by atoms with Crippen molar-refractivity contribution in [1.29, 1.82) is 0 Å². The summed E-state index contributed by atoms with van der Waals surface area (Å²) in [6, 6.07) is -0.902. The Balaban J connectivity index is 4.38. The second kappa shape index (κ2) is 36.4. The summed E-state index contributed by atoms with van der Waals surface area (Å²) in [6.07, 6.45) is 43.4. The summed E-state index contributed by atoms with van der Waals surface area (Å²) in [4.78, 5) is 25.2. The van der Waals surface area contributed by atoms with E-state index < -0.39 is 26.6 Å². The smallest absolute Gasteiger partial charge is 0.268 e. The van der Waals surface area contributed by atoms with Crippen molar-refractivity contribution in [3.05, 3.63) is 36.5 Å². The molecule has 0 aliphatic rings. The number of hydrogen-bond donors (Lipinski definition) is 2. The number of aliphatic hydroxyl groups excluding tert-OH is 1. The van der Waals surface area contributed by atoms with Crippen LogP contribution >= 0.6 is 7.82 Å². The molecule has 0 bridgehead atoms. The van der Waals surface area contributed by atoms with Crippen molar-refractivity contribution in [2.24, 2.45) is 0 Å². The molecule has 0 radical (unpaired) electrons. The number of aliphatic hydroxyl groups is 1. The van der Waals surface area contributed by atoms with Crippen LogP contribution in [0.2, 0.25) is 0 Å². The monoisotopic (exact) mass is 769 g/mol. The average molecular weight is 769 g/mol. The van der Waals surface area contributed by atoms with Crippen LogP contribution in [0.3, 0.4) is 0 Å². The van der Waals surface area contributed by atoms with Crippen LogP contribution in [0.25, 0.3) is 0 Å². The Kier molecular flexibility index (Phi) is 35.5. The summed E-state index contributed by atoms with van der Waals surface area (Å²) in [7, 11) is 1.24. The Bertz CT molecular complexity index is 964. The van der Waals surface area contributed by atoms with Gasteiger partial charge in [-0.05, 0) is 57.8 Å². The normalized spacial score (nSPS) is 14.8. The Hall–Kier alpha value is -1.28. The molecule has 0 fully saturated rings. The molecule has 3 atom stereocenters. The Labute approximate surface area is 327 Å². The van der Waals surface area contributed by atoms with Gasteiger partial charge in [-0.2, -0.15) is 0 Å². The van der Waals surface area contributed by atoms with Gasteiger partial charge in [0.2, 0.25) is 5.91 Å². The molecule has 1 amide bonds. The summed E-state index contributed by atoms with van der Waals surface area (Å²) < 4.78 is 23.1. The number of hydrogen-bond acceptors (Lipinski definition) is 6. The van der Waals surface area contributed by atoms with Gasteiger partial charge in [0.15, 0.2) is 0 Å². The van der Waals surface area contributed by atoms with E-state index >= 15 is 0 Å². The summed E-state index contributed by atoms with van der Waals surface area (Å²) in [6.45, 7) is 4.59. The van der Waals surface area contributed by atoms with E-state index in [1.54, 1.807) is 6.08 Å². The highest BCUT2D eigenvalue weighted by molar-refractivity contribution is 7.45. The van der Waals surface area contributed by atoms with Crippen molar-refractivity contribution in [2.75, 3.05) is 40.9 Å². The maximum absolute atomic E-state index is 12.8. The van der Waals surface area contributed by atoms with E-state index in [1.165, 1.54) is 128 Å². The van der Waals surface area contributed by atoms with Crippen molar-refractivity contribution in [3.63, 3.8) is 0 Å². The van der Waals surface area contributed by atoms with E-state index in [2.05, 4.69) is 43.5 Å². The van der Waals surface area contributed by atoms with Crippen LogP contribution in [-0.2, 0) is 18.4 Å². The minimum Gasteiger partial charge on any atom is -0.756 e. The molecule has 0 saturated carbocycles. The SMILES string of the molecule is CCCCCCC/C=C/CC/C=C/C(O)C(COP(=O)([O-])OCC[N+](C)(C)C)NC(=O)CCCCCCCCC/C=C\CCCCCCCCCCC. The lowest BCUT2D eigenvalue weighted by atomic mass is 10.1. The van der Waals surface area contributed by atoms with Gasteiger partial charge in [-0.25, -0.2) is 0 Å². The van der Waals surface area contributed by atoms with Gasteiger partial charge in [-0.15, -0.1) is 0 Å². The number of phosphoric ester groups is 1. The lowest BCUT2D eigenvalue weighted by Gasteiger charge is -2.29. The number of nitrogens with one attached hydrogen (secondary N) is 1. The van der Waals surface area contributed by atoms with E-state index in [4.69, 9.17) is 9.05 Å². The highest BCUT2D eigenvalue weighted by Gasteiger charge is 2.23.